The maximum Gasteiger partial charge on any atom is 0.277 e. The molecule has 0 radical (unpaired) electrons. The summed E-state index contributed by atoms with van der Waals surface area (Å²) in [6.45, 7) is 11.8. The van der Waals surface area contributed by atoms with E-state index in [-0.39, 0.29) is 5.91 Å². The van der Waals surface area contributed by atoms with E-state index in [2.05, 4.69) is 37.9 Å². The Morgan fingerprint density at radius 2 is 1.88 bits per heavy atom. The Hall–Kier alpha value is -1.76. The summed E-state index contributed by atoms with van der Waals surface area (Å²) in [6, 6.07) is 1.79. The van der Waals surface area contributed by atoms with Crippen LogP contribution in [0.4, 0.5) is 0 Å². The average molecular weight is 351 g/mol. The molecule has 0 aliphatic rings. The van der Waals surface area contributed by atoms with E-state index in [4.69, 9.17) is 8.83 Å². The van der Waals surface area contributed by atoms with Crippen LogP contribution in [0, 0.1) is 18.8 Å². The topological polar surface area (TPSA) is 72.4 Å². The molecule has 2 heterocycles. The number of nitrogens with zero attached hydrogens (tertiary/aromatic N) is 3. The van der Waals surface area contributed by atoms with E-state index in [1.165, 1.54) is 11.8 Å². The van der Waals surface area contributed by atoms with Crippen molar-refractivity contribution in [1.82, 2.24) is 15.1 Å². The molecule has 2 aromatic rings. The summed E-state index contributed by atoms with van der Waals surface area (Å²) in [5, 5.41) is 8.41. The first-order valence-corrected chi connectivity index (χ1v) is 9.14. The van der Waals surface area contributed by atoms with Gasteiger partial charge < -0.3 is 13.7 Å². The Morgan fingerprint density at radius 1 is 1.21 bits per heavy atom. The number of amides is 1. The standard InChI is InChI=1S/C17H25N3O3S/c1-11(2)8-20(9-12(3)4)15(21)10-24-17-19-18-16(23-17)14-6-7-22-13(14)5/h6-7,11-12H,8-10H2,1-5H3. The van der Waals surface area contributed by atoms with Crippen LogP contribution >= 0.6 is 11.8 Å². The maximum absolute atomic E-state index is 12.5. The van der Waals surface area contributed by atoms with Gasteiger partial charge in [0.1, 0.15) is 5.76 Å². The van der Waals surface area contributed by atoms with Crippen molar-refractivity contribution in [3.63, 3.8) is 0 Å². The van der Waals surface area contributed by atoms with Crippen molar-refractivity contribution in [2.75, 3.05) is 18.8 Å². The van der Waals surface area contributed by atoms with E-state index >= 15 is 0 Å². The van der Waals surface area contributed by atoms with E-state index in [1.807, 2.05) is 11.8 Å². The number of thioether (sulfide) groups is 1. The van der Waals surface area contributed by atoms with Crippen molar-refractivity contribution in [3.05, 3.63) is 18.1 Å². The van der Waals surface area contributed by atoms with Crippen LogP contribution in [0.5, 0.6) is 0 Å². The van der Waals surface area contributed by atoms with Crippen molar-refractivity contribution in [2.45, 2.75) is 39.8 Å². The fraction of sp³-hybridized carbons (Fsp3) is 0.588. The second kappa shape index (κ2) is 8.37. The zero-order valence-electron chi connectivity index (χ0n) is 14.9. The molecule has 0 atom stereocenters. The Bertz CT molecular complexity index is 654. The molecule has 0 N–H and O–H groups in total. The van der Waals surface area contributed by atoms with Crippen LogP contribution in [0.25, 0.3) is 11.5 Å². The van der Waals surface area contributed by atoms with Gasteiger partial charge >= 0.3 is 0 Å². The molecule has 0 spiro atoms. The molecule has 0 aromatic carbocycles. The minimum absolute atomic E-state index is 0.0987. The zero-order valence-corrected chi connectivity index (χ0v) is 15.7. The Kier molecular flexibility index (Phi) is 6.48. The van der Waals surface area contributed by atoms with Crippen molar-refractivity contribution in [1.29, 1.82) is 0 Å². The number of hydrogen-bond acceptors (Lipinski definition) is 6. The van der Waals surface area contributed by atoms with Gasteiger partial charge in [-0.3, -0.25) is 4.79 Å². The lowest BCUT2D eigenvalue weighted by Gasteiger charge is -2.26. The first-order valence-electron chi connectivity index (χ1n) is 8.15. The number of hydrogen-bond donors (Lipinski definition) is 0. The Balaban J connectivity index is 1.95. The summed E-state index contributed by atoms with van der Waals surface area (Å²) in [7, 11) is 0. The number of carbonyl (C=O) groups is 1. The third-order valence-corrected chi connectivity index (χ3v) is 4.14. The molecule has 0 bridgehead atoms. The predicted octanol–water partition coefficient (Wildman–Crippen LogP) is 3.87. The lowest BCUT2D eigenvalue weighted by atomic mass is 10.1. The summed E-state index contributed by atoms with van der Waals surface area (Å²) in [6.07, 6.45) is 1.58. The van der Waals surface area contributed by atoms with E-state index in [0.29, 0.717) is 28.7 Å². The van der Waals surface area contributed by atoms with Gasteiger partial charge in [-0.25, -0.2) is 0 Å². The Labute approximate surface area is 147 Å². The van der Waals surface area contributed by atoms with Crippen LogP contribution in [-0.4, -0.2) is 39.8 Å². The van der Waals surface area contributed by atoms with E-state index in [9.17, 15) is 4.79 Å². The summed E-state index contributed by atoms with van der Waals surface area (Å²) >= 11 is 1.27. The molecule has 0 saturated carbocycles. The highest BCUT2D eigenvalue weighted by atomic mass is 32.2. The quantitative estimate of drug-likeness (QED) is 0.672. The van der Waals surface area contributed by atoms with Gasteiger partial charge in [0.2, 0.25) is 5.91 Å². The smallest absolute Gasteiger partial charge is 0.277 e. The lowest BCUT2D eigenvalue weighted by molar-refractivity contribution is -0.129. The van der Waals surface area contributed by atoms with Gasteiger partial charge in [0.05, 0.1) is 17.6 Å². The van der Waals surface area contributed by atoms with Crippen LogP contribution in [0.1, 0.15) is 33.5 Å². The van der Waals surface area contributed by atoms with Crippen LogP contribution in [0.15, 0.2) is 26.4 Å². The van der Waals surface area contributed by atoms with E-state index in [1.54, 1.807) is 12.3 Å². The van der Waals surface area contributed by atoms with Crippen LogP contribution in [0.2, 0.25) is 0 Å². The highest BCUT2D eigenvalue weighted by Gasteiger charge is 2.19. The molecular formula is C17H25N3O3S. The number of aromatic nitrogens is 2. The molecule has 0 unspecified atom stereocenters. The third kappa shape index (κ3) is 5.12. The van der Waals surface area contributed by atoms with Crippen LogP contribution < -0.4 is 0 Å². The normalized spacial score (nSPS) is 11.5. The van der Waals surface area contributed by atoms with Gasteiger partial charge in [0.15, 0.2) is 0 Å². The first-order chi connectivity index (χ1) is 11.4. The van der Waals surface area contributed by atoms with Crippen LogP contribution in [-0.2, 0) is 4.79 Å². The molecule has 7 heteroatoms. The fourth-order valence-electron chi connectivity index (χ4n) is 2.36. The van der Waals surface area contributed by atoms with Gasteiger partial charge in [-0.1, -0.05) is 39.5 Å². The zero-order chi connectivity index (χ0) is 17.7. The molecule has 2 rings (SSSR count). The molecule has 0 aliphatic heterocycles. The minimum atomic E-state index is 0.0987. The van der Waals surface area contributed by atoms with Gasteiger partial charge in [0.25, 0.3) is 11.1 Å². The van der Waals surface area contributed by atoms with Crippen molar-refractivity contribution < 1.29 is 13.6 Å². The second-order valence-corrected chi connectivity index (χ2v) is 7.57. The minimum Gasteiger partial charge on any atom is -0.469 e. The van der Waals surface area contributed by atoms with E-state index in [0.717, 1.165) is 24.4 Å². The van der Waals surface area contributed by atoms with Crippen molar-refractivity contribution in [2.24, 2.45) is 11.8 Å². The van der Waals surface area contributed by atoms with Gasteiger partial charge in [-0.05, 0) is 24.8 Å². The lowest BCUT2D eigenvalue weighted by Crippen LogP contribution is -2.38. The SMILES string of the molecule is Cc1occc1-c1nnc(SCC(=O)N(CC(C)C)CC(C)C)o1. The van der Waals surface area contributed by atoms with Crippen molar-refractivity contribution in [3.8, 4) is 11.5 Å². The van der Waals surface area contributed by atoms with Crippen LogP contribution in [0.3, 0.4) is 0 Å². The number of furan rings is 1. The van der Waals surface area contributed by atoms with E-state index < -0.39 is 0 Å². The monoisotopic (exact) mass is 351 g/mol. The molecule has 6 nitrogen and oxygen atoms in total. The molecule has 0 fully saturated rings. The molecule has 132 valence electrons. The third-order valence-electron chi connectivity index (χ3n) is 3.34. The molecule has 2 aromatic heterocycles. The summed E-state index contributed by atoms with van der Waals surface area (Å²) in [5.74, 6) is 2.42. The van der Waals surface area contributed by atoms with Gasteiger partial charge in [-0.15, -0.1) is 10.2 Å². The molecule has 1 amide bonds. The summed E-state index contributed by atoms with van der Waals surface area (Å²) in [5.41, 5.74) is 0.780. The fourth-order valence-corrected chi connectivity index (χ4v) is 3.02. The molecule has 24 heavy (non-hydrogen) atoms. The van der Waals surface area contributed by atoms with Gasteiger partial charge in [-0.2, -0.15) is 0 Å². The number of rotatable bonds is 8. The molecule has 0 aliphatic carbocycles. The summed E-state index contributed by atoms with van der Waals surface area (Å²) in [4.78, 5) is 14.4. The summed E-state index contributed by atoms with van der Waals surface area (Å²) < 4.78 is 10.8. The molecular weight excluding hydrogens is 326 g/mol. The van der Waals surface area contributed by atoms with Crippen molar-refractivity contribution >= 4 is 17.7 Å². The number of carbonyl (C=O) groups excluding carboxylic acids is 1. The Morgan fingerprint density at radius 3 is 2.42 bits per heavy atom. The number of aryl methyl sites for hydroxylation is 1. The average Bonchev–Trinajstić information content (AvgIpc) is 3.11. The predicted molar refractivity (Wildman–Crippen MR) is 93.7 cm³/mol. The largest absolute Gasteiger partial charge is 0.469 e. The highest BCUT2D eigenvalue weighted by molar-refractivity contribution is 7.99. The van der Waals surface area contributed by atoms with Gasteiger partial charge in [0, 0.05) is 13.1 Å². The maximum atomic E-state index is 12.5. The first kappa shape index (κ1) is 18.6. The molecule has 0 saturated heterocycles. The highest BCUT2D eigenvalue weighted by Crippen LogP contribution is 2.26. The second-order valence-electron chi connectivity index (χ2n) is 6.64.